The van der Waals surface area contributed by atoms with E-state index in [4.69, 9.17) is 0 Å². The Morgan fingerprint density at radius 3 is 2.80 bits per heavy atom. The minimum absolute atomic E-state index is 0.144. The van der Waals surface area contributed by atoms with Crippen LogP contribution in [0.15, 0.2) is 17.2 Å². The van der Waals surface area contributed by atoms with Crippen LogP contribution in [0.5, 0.6) is 0 Å². The Balaban J connectivity index is 2.37. The maximum Gasteiger partial charge on any atom is 0.347 e. The van der Waals surface area contributed by atoms with Crippen molar-refractivity contribution in [2.75, 3.05) is 5.75 Å². The summed E-state index contributed by atoms with van der Waals surface area (Å²) in [5.41, 5.74) is 0.889. The highest BCUT2D eigenvalue weighted by Gasteiger charge is 1.97. The highest BCUT2D eigenvalue weighted by Crippen LogP contribution is 2.02. The van der Waals surface area contributed by atoms with Crippen molar-refractivity contribution in [3.05, 3.63) is 28.4 Å². The van der Waals surface area contributed by atoms with Gasteiger partial charge in [-0.15, -0.1) is 0 Å². The van der Waals surface area contributed by atoms with Gasteiger partial charge in [0.1, 0.15) is 0 Å². The van der Waals surface area contributed by atoms with Crippen LogP contribution < -0.4 is 5.69 Å². The molecule has 0 saturated carbocycles. The molecule has 84 valence electrons. The van der Waals surface area contributed by atoms with Crippen LogP contribution in [0.2, 0.25) is 0 Å². The van der Waals surface area contributed by atoms with Gasteiger partial charge in [0, 0.05) is 18.9 Å². The van der Waals surface area contributed by atoms with Crippen LogP contribution in [0.1, 0.15) is 31.2 Å². The lowest BCUT2D eigenvalue weighted by atomic mass is 10.2. The number of rotatable bonds is 6. The van der Waals surface area contributed by atoms with Gasteiger partial charge in [-0.2, -0.15) is 12.6 Å². The zero-order valence-corrected chi connectivity index (χ0v) is 10.0. The molecule has 0 aliphatic carbocycles. The molecule has 3 nitrogen and oxygen atoms in total. The topological polar surface area (TPSA) is 34.9 Å². The molecule has 1 heterocycles. The molecule has 0 radical (unpaired) electrons. The van der Waals surface area contributed by atoms with E-state index in [1.165, 1.54) is 6.42 Å². The van der Waals surface area contributed by atoms with Gasteiger partial charge in [0.05, 0.1) is 0 Å². The van der Waals surface area contributed by atoms with Crippen LogP contribution in [-0.2, 0) is 6.54 Å². The molecule has 0 fully saturated rings. The minimum atomic E-state index is -0.144. The highest BCUT2D eigenvalue weighted by atomic mass is 32.1. The maximum absolute atomic E-state index is 11.3. The Hall–Kier alpha value is -0.770. The van der Waals surface area contributed by atoms with Crippen molar-refractivity contribution < 1.29 is 0 Å². The van der Waals surface area contributed by atoms with Crippen LogP contribution in [0, 0.1) is 6.92 Å². The fourth-order valence-electron chi connectivity index (χ4n) is 1.47. The number of aryl methyl sites for hydroxylation is 2. The first-order valence-corrected chi connectivity index (χ1v) is 6.01. The zero-order valence-electron chi connectivity index (χ0n) is 9.15. The lowest BCUT2D eigenvalue weighted by Gasteiger charge is -2.04. The summed E-state index contributed by atoms with van der Waals surface area (Å²) in [5, 5.41) is 0. The van der Waals surface area contributed by atoms with E-state index >= 15 is 0 Å². The lowest BCUT2D eigenvalue weighted by Crippen LogP contribution is -2.22. The molecule has 1 aromatic heterocycles. The molecule has 15 heavy (non-hydrogen) atoms. The monoisotopic (exact) mass is 226 g/mol. The molecule has 4 heteroatoms. The fraction of sp³-hybridized carbons (Fsp3) is 0.636. The van der Waals surface area contributed by atoms with Crippen molar-refractivity contribution in [2.24, 2.45) is 0 Å². The average Bonchev–Trinajstić information content (AvgIpc) is 2.23. The van der Waals surface area contributed by atoms with Gasteiger partial charge in [-0.05, 0) is 31.1 Å². The molecular weight excluding hydrogens is 208 g/mol. The number of hydrogen-bond donors (Lipinski definition) is 1. The van der Waals surface area contributed by atoms with Gasteiger partial charge >= 0.3 is 5.69 Å². The quantitative estimate of drug-likeness (QED) is 0.595. The van der Waals surface area contributed by atoms with E-state index in [-0.39, 0.29) is 5.69 Å². The first kappa shape index (κ1) is 12.3. The van der Waals surface area contributed by atoms with Crippen LogP contribution in [0.25, 0.3) is 0 Å². The Labute approximate surface area is 96.0 Å². The largest absolute Gasteiger partial charge is 0.347 e. The third-order valence-electron chi connectivity index (χ3n) is 2.29. The van der Waals surface area contributed by atoms with Crippen molar-refractivity contribution in [2.45, 2.75) is 39.2 Å². The van der Waals surface area contributed by atoms with E-state index in [0.717, 1.165) is 37.1 Å². The van der Waals surface area contributed by atoms with Gasteiger partial charge in [-0.1, -0.05) is 12.8 Å². The smallest absolute Gasteiger partial charge is 0.299 e. The summed E-state index contributed by atoms with van der Waals surface area (Å²) in [5.74, 6) is 0.950. The number of thiol groups is 1. The maximum atomic E-state index is 11.3. The van der Waals surface area contributed by atoms with Gasteiger partial charge < -0.3 is 0 Å². The molecule has 0 aliphatic rings. The van der Waals surface area contributed by atoms with Gasteiger partial charge in [0.15, 0.2) is 0 Å². The van der Waals surface area contributed by atoms with Crippen LogP contribution >= 0.6 is 12.6 Å². The standard InChI is InChI=1S/C11H18N2OS/c1-10-8-12-11(14)13(9-10)6-4-2-3-5-7-15/h8-9,15H,2-7H2,1H3. The van der Waals surface area contributed by atoms with Crippen molar-refractivity contribution in [1.29, 1.82) is 0 Å². The summed E-state index contributed by atoms with van der Waals surface area (Å²) < 4.78 is 1.69. The van der Waals surface area contributed by atoms with E-state index < -0.39 is 0 Å². The molecule has 0 aliphatic heterocycles. The highest BCUT2D eigenvalue weighted by molar-refractivity contribution is 7.80. The molecule has 0 saturated heterocycles. The summed E-state index contributed by atoms with van der Waals surface area (Å²) in [6.07, 6.45) is 8.02. The molecule has 0 amide bonds. The van der Waals surface area contributed by atoms with Crippen LogP contribution in [0.4, 0.5) is 0 Å². The van der Waals surface area contributed by atoms with Crippen molar-refractivity contribution >= 4 is 12.6 Å². The summed E-state index contributed by atoms with van der Waals surface area (Å²) >= 11 is 4.16. The third kappa shape index (κ3) is 4.51. The van der Waals surface area contributed by atoms with Gasteiger partial charge in [0.2, 0.25) is 0 Å². The number of unbranched alkanes of at least 4 members (excludes halogenated alkanes) is 3. The molecule has 1 aromatic rings. The zero-order chi connectivity index (χ0) is 11.1. The Morgan fingerprint density at radius 1 is 1.33 bits per heavy atom. The molecular formula is C11H18N2OS. The number of nitrogens with zero attached hydrogens (tertiary/aromatic N) is 2. The predicted octanol–water partition coefficient (Wildman–Crippen LogP) is 2.04. The van der Waals surface area contributed by atoms with Crippen molar-refractivity contribution in [1.82, 2.24) is 9.55 Å². The van der Waals surface area contributed by atoms with Crippen molar-refractivity contribution in [3.63, 3.8) is 0 Å². The Morgan fingerprint density at radius 2 is 2.07 bits per heavy atom. The molecule has 0 unspecified atom stereocenters. The first-order valence-electron chi connectivity index (χ1n) is 5.38. The average molecular weight is 226 g/mol. The van der Waals surface area contributed by atoms with Gasteiger partial charge in [-0.25, -0.2) is 9.78 Å². The van der Waals surface area contributed by atoms with E-state index in [2.05, 4.69) is 17.6 Å². The van der Waals surface area contributed by atoms with Crippen LogP contribution in [0.3, 0.4) is 0 Å². The Bertz CT molecular complexity index is 349. The van der Waals surface area contributed by atoms with Gasteiger partial charge in [-0.3, -0.25) is 4.57 Å². The van der Waals surface area contributed by atoms with Gasteiger partial charge in [0.25, 0.3) is 0 Å². The van der Waals surface area contributed by atoms with Crippen molar-refractivity contribution in [3.8, 4) is 0 Å². The normalized spacial score (nSPS) is 10.5. The first-order chi connectivity index (χ1) is 7.24. The fourth-order valence-corrected chi connectivity index (χ4v) is 1.70. The second kappa shape index (κ2) is 6.67. The second-order valence-electron chi connectivity index (χ2n) is 3.75. The molecule has 0 N–H and O–H groups in total. The molecule has 1 rings (SSSR count). The number of aromatic nitrogens is 2. The second-order valence-corrected chi connectivity index (χ2v) is 4.19. The third-order valence-corrected chi connectivity index (χ3v) is 2.61. The van der Waals surface area contributed by atoms with Crippen LogP contribution in [-0.4, -0.2) is 15.3 Å². The lowest BCUT2D eigenvalue weighted by molar-refractivity contribution is 0.561. The summed E-state index contributed by atoms with van der Waals surface area (Å²) in [6.45, 7) is 2.73. The Kier molecular flexibility index (Phi) is 5.47. The van der Waals surface area contributed by atoms with E-state index in [0.29, 0.717) is 0 Å². The summed E-state index contributed by atoms with van der Waals surface area (Å²) in [7, 11) is 0. The molecule has 0 bridgehead atoms. The minimum Gasteiger partial charge on any atom is -0.299 e. The molecule has 0 atom stereocenters. The SMILES string of the molecule is Cc1cnc(=O)n(CCCCCCS)c1. The molecule has 0 aromatic carbocycles. The van der Waals surface area contributed by atoms with E-state index in [1.807, 2.05) is 13.1 Å². The molecule has 0 spiro atoms. The van der Waals surface area contributed by atoms with E-state index in [9.17, 15) is 4.79 Å². The summed E-state index contributed by atoms with van der Waals surface area (Å²) in [6, 6.07) is 0. The predicted molar refractivity (Wildman–Crippen MR) is 65.6 cm³/mol. The van der Waals surface area contributed by atoms with E-state index in [1.54, 1.807) is 10.8 Å². The summed E-state index contributed by atoms with van der Waals surface area (Å²) in [4.78, 5) is 15.1. The number of hydrogen-bond acceptors (Lipinski definition) is 3.